The second kappa shape index (κ2) is 34.5. The summed E-state index contributed by atoms with van der Waals surface area (Å²) in [6.07, 6.45) is 30.1. The van der Waals surface area contributed by atoms with E-state index in [0.29, 0.717) is 12.8 Å². The minimum absolute atomic E-state index is 0.144. The molecule has 1 heterocycles. The second-order valence-corrected chi connectivity index (χ2v) is 16.5. The van der Waals surface area contributed by atoms with Crippen molar-refractivity contribution in [1.82, 2.24) is 0 Å². The van der Waals surface area contributed by atoms with E-state index < -0.39 is 71.2 Å². The first-order valence-electron chi connectivity index (χ1n) is 21.7. The Balaban J connectivity index is 2.50. The van der Waals surface area contributed by atoms with Gasteiger partial charge in [0, 0.05) is 12.8 Å². The van der Waals surface area contributed by atoms with Crippen molar-refractivity contribution in [3.63, 3.8) is 0 Å². The number of aliphatic hydroxyl groups excluding tert-OH is 3. The van der Waals surface area contributed by atoms with Gasteiger partial charge in [-0.2, -0.15) is 8.42 Å². The minimum Gasteiger partial charge on any atom is -0.462 e. The molecule has 0 saturated carbocycles. The van der Waals surface area contributed by atoms with Crippen molar-refractivity contribution >= 4 is 22.1 Å². The molecule has 0 aliphatic carbocycles. The van der Waals surface area contributed by atoms with Crippen LogP contribution in [0.3, 0.4) is 0 Å². The van der Waals surface area contributed by atoms with Crippen molar-refractivity contribution in [3.8, 4) is 0 Å². The average molecular weight is 829 g/mol. The van der Waals surface area contributed by atoms with Crippen molar-refractivity contribution in [2.45, 2.75) is 198 Å². The zero-order chi connectivity index (χ0) is 42.0. The zero-order valence-corrected chi connectivity index (χ0v) is 35.7. The summed E-state index contributed by atoms with van der Waals surface area (Å²) in [4.78, 5) is 25.3. The van der Waals surface area contributed by atoms with Gasteiger partial charge in [0.15, 0.2) is 12.4 Å². The molecule has 13 heteroatoms. The lowest BCUT2D eigenvalue weighted by Crippen LogP contribution is -2.60. The lowest BCUT2D eigenvalue weighted by Gasteiger charge is -2.40. The maximum atomic E-state index is 12.8. The van der Waals surface area contributed by atoms with Crippen LogP contribution in [0, 0.1) is 0 Å². The summed E-state index contributed by atoms with van der Waals surface area (Å²) in [6, 6.07) is 0. The number of rotatable bonds is 35. The summed E-state index contributed by atoms with van der Waals surface area (Å²) in [5.74, 6) is -2.02. The maximum Gasteiger partial charge on any atom is 0.306 e. The fraction of sp³-hybridized carbons (Fsp3) is 0.773. The Hall–Kier alpha value is -2.39. The van der Waals surface area contributed by atoms with E-state index >= 15 is 0 Å². The maximum absolute atomic E-state index is 12.8. The first-order chi connectivity index (χ1) is 27.5. The molecule has 1 aliphatic heterocycles. The zero-order valence-electron chi connectivity index (χ0n) is 34.9. The number of ether oxygens (including phenoxy) is 4. The van der Waals surface area contributed by atoms with Gasteiger partial charge >= 0.3 is 11.9 Å². The molecular formula is C44H76O12S. The van der Waals surface area contributed by atoms with Crippen LogP contribution in [0.1, 0.15) is 162 Å². The molecule has 330 valence electrons. The molecule has 0 aromatic heterocycles. The van der Waals surface area contributed by atoms with Crippen LogP contribution >= 0.6 is 0 Å². The standard InChI is InChI=1S/C44H76O12S/c1-3-5-7-9-11-13-15-17-19-21-23-25-27-29-31-33-40(46)55-37(35-54-44-43(49)42(48)41(47)38(56-44)36-57(50,51)52)34-53-39(45)32-30-28-26-24-22-20-18-16-14-12-10-8-6-4-2/h10-13,16-19,37-38,41-44,47-49H,3-9,14-15,20-36H2,1-2H3,(H,50,51,52)/b12-10+,13-11+,18-16+,19-17+/t37-,38-,41-,42?,43?,44+/m1/s1. The number of hydrogen-bond donors (Lipinski definition) is 4. The number of carbonyl (C=O) groups excluding carboxylic acids is 2. The van der Waals surface area contributed by atoms with Crippen molar-refractivity contribution in [3.05, 3.63) is 48.6 Å². The SMILES string of the molecule is CCCC/C=C/C/C=C/CCCCCCCC(=O)OC[C@H](CO[C@H]1O[C@H](CS(=O)(=O)O)[C@@H](O)C(O)C1O)OC(=O)CCCCCCC/C=C/C/C=C/CCCCC. The van der Waals surface area contributed by atoms with E-state index in [4.69, 9.17) is 18.9 Å². The van der Waals surface area contributed by atoms with Gasteiger partial charge in [0.2, 0.25) is 0 Å². The molecule has 2 unspecified atom stereocenters. The van der Waals surface area contributed by atoms with Gasteiger partial charge in [0.25, 0.3) is 10.1 Å². The Kier molecular flexibility index (Phi) is 31.8. The van der Waals surface area contributed by atoms with E-state index in [9.17, 15) is 37.9 Å². The highest BCUT2D eigenvalue weighted by Crippen LogP contribution is 2.24. The highest BCUT2D eigenvalue weighted by atomic mass is 32.2. The third-order valence-corrected chi connectivity index (χ3v) is 10.4. The Morgan fingerprint density at radius 2 is 1.07 bits per heavy atom. The van der Waals surface area contributed by atoms with Crippen molar-refractivity contribution in [1.29, 1.82) is 0 Å². The molecule has 1 saturated heterocycles. The van der Waals surface area contributed by atoms with E-state index in [2.05, 4.69) is 62.5 Å². The Bertz CT molecular complexity index is 1250. The molecule has 1 aliphatic rings. The molecule has 0 bridgehead atoms. The lowest BCUT2D eigenvalue weighted by molar-refractivity contribution is -0.297. The Labute approximate surface area is 343 Å². The fourth-order valence-electron chi connectivity index (χ4n) is 6.19. The molecule has 0 aromatic carbocycles. The lowest BCUT2D eigenvalue weighted by atomic mass is 10.00. The van der Waals surface area contributed by atoms with E-state index in [1.165, 1.54) is 32.1 Å². The van der Waals surface area contributed by atoms with E-state index in [-0.39, 0.29) is 19.4 Å². The molecule has 0 radical (unpaired) electrons. The largest absolute Gasteiger partial charge is 0.462 e. The number of unbranched alkanes of at least 4 members (excludes halogenated alkanes) is 15. The molecule has 4 N–H and O–H groups in total. The summed E-state index contributed by atoms with van der Waals surface area (Å²) < 4.78 is 54.0. The molecule has 0 spiro atoms. The summed E-state index contributed by atoms with van der Waals surface area (Å²) in [5.41, 5.74) is 0. The Morgan fingerprint density at radius 1 is 0.596 bits per heavy atom. The number of carbonyl (C=O) groups is 2. The van der Waals surface area contributed by atoms with Crippen LogP contribution in [0.25, 0.3) is 0 Å². The number of hydrogen-bond acceptors (Lipinski definition) is 11. The minimum atomic E-state index is -4.60. The first kappa shape index (κ1) is 52.6. The van der Waals surface area contributed by atoms with Crippen LogP contribution in [-0.4, -0.2) is 96.0 Å². The van der Waals surface area contributed by atoms with E-state index in [0.717, 1.165) is 89.9 Å². The van der Waals surface area contributed by atoms with Gasteiger partial charge in [-0.25, -0.2) is 0 Å². The first-order valence-corrected chi connectivity index (χ1v) is 23.3. The molecule has 57 heavy (non-hydrogen) atoms. The summed E-state index contributed by atoms with van der Waals surface area (Å²) in [7, 11) is -4.60. The van der Waals surface area contributed by atoms with Gasteiger partial charge in [0.05, 0.1) is 6.61 Å². The quantitative estimate of drug-likeness (QED) is 0.0207. The molecule has 1 fully saturated rings. The monoisotopic (exact) mass is 829 g/mol. The van der Waals surface area contributed by atoms with E-state index in [1.807, 2.05) is 0 Å². The van der Waals surface area contributed by atoms with Gasteiger partial charge in [-0.1, -0.05) is 127 Å². The summed E-state index contributed by atoms with van der Waals surface area (Å²) in [5, 5.41) is 30.8. The summed E-state index contributed by atoms with van der Waals surface area (Å²) >= 11 is 0. The second-order valence-electron chi connectivity index (χ2n) is 15.0. The van der Waals surface area contributed by atoms with Crippen LogP contribution in [0.2, 0.25) is 0 Å². The van der Waals surface area contributed by atoms with E-state index in [1.54, 1.807) is 0 Å². The third kappa shape index (κ3) is 29.5. The predicted octanol–water partition coefficient (Wildman–Crippen LogP) is 8.39. The van der Waals surface area contributed by atoms with Crippen LogP contribution in [-0.2, 0) is 38.7 Å². The molecule has 0 amide bonds. The number of allylic oxidation sites excluding steroid dienone is 8. The third-order valence-electron chi connectivity index (χ3n) is 9.63. The molecule has 0 aromatic rings. The Morgan fingerprint density at radius 3 is 1.60 bits per heavy atom. The molecule has 6 atom stereocenters. The van der Waals surface area contributed by atoms with Gasteiger partial charge in [-0.3, -0.25) is 14.1 Å². The topological polar surface area (TPSA) is 186 Å². The van der Waals surface area contributed by atoms with Crippen molar-refractivity contribution in [2.75, 3.05) is 19.0 Å². The molecule has 12 nitrogen and oxygen atoms in total. The van der Waals surface area contributed by atoms with Crippen LogP contribution < -0.4 is 0 Å². The van der Waals surface area contributed by atoms with Gasteiger partial charge in [0.1, 0.15) is 36.8 Å². The predicted molar refractivity (Wildman–Crippen MR) is 224 cm³/mol. The highest BCUT2D eigenvalue weighted by molar-refractivity contribution is 7.85. The van der Waals surface area contributed by atoms with Crippen LogP contribution in [0.15, 0.2) is 48.6 Å². The van der Waals surface area contributed by atoms with Crippen molar-refractivity contribution in [2.24, 2.45) is 0 Å². The number of aliphatic hydroxyl groups is 3. The normalized spacial score (nSPS) is 21.0. The molecular weight excluding hydrogens is 753 g/mol. The van der Waals surface area contributed by atoms with Gasteiger partial charge in [-0.15, -0.1) is 0 Å². The average Bonchev–Trinajstić information content (AvgIpc) is 3.17. The molecule has 1 rings (SSSR count). The van der Waals surface area contributed by atoms with Gasteiger partial charge < -0.3 is 34.3 Å². The smallest absolute Gasteiger partial charge is 0.306 e. The summed E-state index contributed by atoms with van der Waals surface area (Å²) in [6.45, 7) is 3.65. The van der Waals surface area contributed by atoms with Crippen LogP contribution in [0.4, 0.5) is 0 Å². The highest BCUT2D eigenvalue weighted by Gasteiger charge is 2.46. The van der Waals surface area contributed by atoms with Crippen LogP contribution in [0.5, 0.6) is 0 Å². The fourth-order valence-corrected chi connectivity index (χ4v) is 6.88. The van der Waals surface area contributed by atoms with Crippen molar-refractivity contribution < 1.29 is 56.8 Å². The van der Waals surface area contributed by atoms with Gasteiger partial charge in [-0.05, 0) is 70.6 Å². The number of esters is 2.